The molecule has 0 amide bonds. The Bertz CT molecular complexity index is 86.4. The largest absolute Gasteiger partial charge is 0.392 e. The SMILES string of the molecule is SCCC1CC=NO1. The fourth-order valence-corrected chi connectivity index (χ4v) is 0.935. The minimum Gasteiger partial charge on any atom is -0.392 e. The van der Waals surface area contributed by atoms with Crippen molar-refractivity contribution in [1.29, 1.82) is 0 Å². The maximum absolute atomic E-state index is 4.91. The highest BCUT2D eigenvalue weighted by molar-refractivity contribution is 7.80. The minimum absolute atomic E-state index is 0.312. The van der Waals surface area contributed by atoms with E-state index in [1.54, 1.807) is 6.21 Å². The molecule has 1 unspecified atom stereocenters. The van der Waals surface area contributed by atoms with E-state index in [-0.39, 0.29) is 0 Å². The molecule has 0 aromatic heterocycles. The molecular weight excluding hydrogens is 122 g/mol. The van der Waals surface area contributed by atoms with Crippen molar-refractivity contribution >= 4 is 18.8 Å². The summed E-state index contributed by atoms with van der Waals surface area (Å²) in [4.78, 5) is 4.91. The molecule has 0 fully saturated rings. The van der Waals surface area contributed by atoms with Crippen LogP contribution >= 0.6 is 12.6 Å². The topological polar surface area (TPSA) is 21.6 Å². The van der Waals surface area contributed by atoms with Gasteiger partial charge in [-0.15, -0.1) is 0 Å². The van der Waals surface area contributed by atoms with Gasteiger partial charge in [-0.3, -0.25) is 0 Å². The van der Waals surface area contributed by atoms with Crippen molar-refractivity contribution in [3.63, 3.8) is 0 Å². The fourth-order valence-electron chi connectivity index (χ4n) is 0.647. The van der Waals surface area contributed by atoms with Crippen LogP contribution in [0.3, 0.4) is 0 Å². The molecular formula is C5H9NOS. The van der Waals surface area contributed by atoms with Gasteiger partial charge < -0.3 is 4.84 Å². The summed E-state index contributed by atoms with van der Waals surface area (Å²) in [6.07, 6.45) is 4.07. The van der Waals surface area contributed by atoms with E-state index in [2.05, 4.69) is 17.8 Å². The molecule has 1 rings (SSSR count). The van der Waals surface area contributed by atoms with Gasteiger partial charge in [-0.25, -0.2) is 0 Å². The zero-order valence-electron chi connectivity index (χ0n) is 4.58. The second kappa shape index (κ2) is 2.97. The fraction of sp³-hybridized carbons (Fsp3) is 0.800. The van der Waals surface area contributed by atoms with E-state index >= 15 is 0 Å². The summed E-state index contributed by atoms with van der Waals surface area (Å²) < 4.78 is 0. The van der Waals surface area contributed by atoms with Crippen molar-refractivity contribution in [3.05, 3.63) is 0 Å². The maximum Gasteiger partial charge on any atom is 0.133 e. The Morgan fingerprint density at radius 1 is 1.88 bits per heavy atom. The molecule has 0 spiro atoms. The van der Waals surface area contributed by atoms with Crippen molar-refractivity contribution in [2.75, 3.05) is 5.75 Å². The van der Waals surface area contributed by atoms with Gasteiger partial charge in [0, 0.05) is 12.6 Å². The molecule has 0 aromatic carbocycles. The van der Waals surface area contributed by atoms with Crippen molar-refractivity contribution < 1.29 is 4.84 Å². The van der Waals surface area contributed by atoms with E-state index in [0.29, 0.717) is 6.10 Å². The molecule has 0 aliphatic carbocycles. The first-order chi connectivity index (χ1) is 3.93. The molecule has 0 bridgehead atoms. The molecule has 1 atom stereocenters. The van der Waals surface area contributed by atoms with Crippen molar-refractivity contribution in [3.8, 4) is 0 Å². The Morgan fingerprint density at radius 3 is 3.25 bits per heavy atom. The average Bonchev–Trinajstić information content (AvgIpc) is 2.19. The summed E-state index contributed by atoms with van der Waals surface area (Å²) in [6.45, 7) is 0. The maximum atomic E-state index is 4.91. The van der Waals surface area contributed by atoms with Gasteiger partial charge in [0.25, 0.3) is 0 Å². The van der Waals surface area contributed by atoms with Crippen LogP contribution < -0.4 is 0 Å². The van der Waals surface area contributed by atoms with Gasteiger partial charge in [-0.05, 0) is 12.2 Å². The van der Waals surface area contributed by atoms with E-state index in [1.165, 1.54) is 0 Å². The van der Waals surface area contributed by atoms with Gasteiger partial charge in [-0.1, -0.05) is 5.16 Å². The third-order valence-corrected chi connectivity index (χ3v) is 1.36. The van der Waals surface area contributed by atoms with Crippen LogP contribution in [-0.4, -0.2) is 18.1 Å². The predicted molar refractivity (Wildman–Crippen MR) is 36.5 cm³/mol. The van der Waals surface area contributed by atoms with Gasteiger partial charge >= 0.3 is 0 Å². The van der Waals surface area contributed by atoms with Crippen LogP contribution in [0.5, 0.6) is 0 Å². The Kier molecular flexibility index (Phi) is 2.21. The molecule has 8 heavy (non-hydrogen) atoms. The average molecular weight is 131 g/mol. The van der Waals surface area contributed by atoms with E-state index in [9.17, 15) is 0 Å². The van der Waals surface area contributed by atoms with Gasteiger partial charge in [-0.2, -0.15) is 12.6 Å². The molecule has 0 saturated carbocycles. The lowest BCUT2D eigenvalue weighted by Gasteiger charge is -2.02. The van der Waals surface area contributed by atoms with Crippen LogP contribution in [0.15, 0.2) is 5.16 Å². The third kappa shape index (κ3) is 1.40. The summed E-state index contributed by atoms with van der Waals surface area (Å²) in [5, 5.41) is 3.62. The lowest BCUT2D eigenvalue weighted by Crippen LogP contribution is -2.04. The summed E-state index contributed by atoms with van der Waals surface area (Å²) in [5.41, 5.74) is 0. The first-order valence-electron chi connectivity index (χ1n) is 2.72. The van der Waals surface area contributed by atoms with Crippen LogP contribution in [0.1, 0.15) is 12.8 Å². The highest BCUT2D eigenvalue weighted by Gasteiger charge is 2.10. The zero-order valence-corrected chi connectivity index (χ0v) is 5.47. The number of oxime groups is 1. The summed E-state index contributed by atoms with van der Waals surface area (Å²) >= 11 is 4.06. The first kappa shape index (κ1) is 5.95. The third-order valence-electron chi connectivity index (χ3n) is 1.10. The normalized spacial score (nSPS) is 25.9. The summed E-state index contributed by atoms with van der Waals surface area (Å²) in [7, 11) is 0. The van der Waals surface area contributed by atoms with Crippen molar-refractivity contribution in [2.45, 2.75) is 18.9 Å². The number of hydrogen-bond donors (Lipinski definition) is 1. The molecule has 0 N–H and O–H groups in total. The monoisotopic (exact) mass is 131 g/mol. The molecule has 0 saturated heterocycles. The van der Waals surface area contributed by atoms with E-state index in [4.69, 9.17) is 4.84 Å². The molecule has 1 aliphatic heterocycles. The highest BCUT2D eigenvalue weighted by Crippen LogP contribution is 2.08. The van der Waals surface area contributed by atoms with E-state index in [1.807, 2.05) is 0 Å². The Labute approximate surface area is 54.3 Å². The van der Waals surface area contributed by atoms with Crippen molar-refractivity contribution in [2.24, 2.45) is 5.16 Å². The second-order valence-corrected chi connectivity index (χ2v) is 2.21. The van der Waals surface area contributed by atoms with E-state index < -0.39 is 0 Å². The highest BCUT2D eigenvalue weighted by atomic mass is 32.1. The lowest BCUT2D eigenvalue weighted by molar-refractivity contribution is 0.0839. The van der Waals surface area contributed by atoms with Gasteiger partial charge in [0.15, 0.2) is 0 Å². The Hall–Kier alpha value is -0.180. The minimum atomic E-state index is 0.312. The first-order valence-corrected chi connectivity index (χ1v) is 3.35. The smallest absolute Gasteiger partial charge is 0.133 e. The molecule has 0 radical (unpaired) electrons. The molecule has 1 heterocycles. The molecule has 46 valence electrons. The molecule has 1 aliphatic rings. The summed E-state index contributed by atoms with van der Waals surface area (Å²) in [6, 6.07) is 0. The van der Waals surface area contributed by atoms with Crippen LogP contribution in [-0.2, 0) is 4.84 Å². The second-order valence-electron chi connectivity index (χ2n) is 1.76. The number of hydrogen-bond acceptors (Lipinski definition) is 3. The van der Waals surface area contributed by atoms with Gasteiger partial charge in [0.1, 0.15) is 6.10 Å². The van der Waals surface area contributed by atoms with Gasteiger partial charge in [0.05, 0.1) is 0 Å². The van der Waals surface area contributed by atoms with Crippen LogP contribution in [0, 0.1) is 0 Å². The van der Waals surface area contributed by atoms with Crippen LogP contribution in [0.2, 0.25) is 0 Å². The lowest BCUT2D eigenvalue weighted by atomic mass is 10.2. The standard InChI is InChI=1S/C5H9NOS/c8-4-2-5-1-3-6-7-5/h3,5,8H,1-2,4H2. The van der Waals surface area contributed by atoms with Crippen LogP contribution in [0.4, 0.5) is 0 Å². The zero-order chi connectivity index (χ0) is 5.82. The molecule has 3 heteroatoms. The number of thiol groups is 1. The molecule has 0 aromatic rings. The van der Waals surface area contributed by atoms with Crippen molar-refractivity contribution in [1.82, 2.24) is 0 Å². The predicted octanol–water partition coefficient (Wildman–Crippen LogP) is 1.08. The summed E-state index contributed by atoms with van der Waals surface area (Å²) in [5.74, 6) is 0.883. The quantitative estimate of drug-likeness (QED) is 0.556. The van der Waals surface area contributed by atoms with Gasteiger partial charge in [0.2, 0.25) is 0 Å². The Balaban J connectivity index is 2.10. The van der Waals surface area contributed by atoms with Crippen LogP contribution in [0.25, 0.3) is 0 Å². The number of nitrogens with zero attached hydrogens (tertiary/aromatic N) is 1. The molecule has 2 nitrogen and oxygen atoms in total. The Morgan fingerprint density at radius 2 is 2.75 bits per heavy atom. The number of rotatable bonds is 2. The van der Waals surface area contributed by atoms with E-state index in [0.717, 1.165) is 18.6 Å².